The van der Waals surface area contributed by atoms with Gasteiger partial charge in [0.2, 0.25) is 0 Å². The lowest BCUT2D eigenvalue weighted by molar-refractivity contribution is -0.147. The van der Waals surface area contributed by atoms with E-state index in [0.29, 0.717) is 46.1 Å². The van der Waals surface area contributed by atoms with Crippen molar-refractivity contribution in [2.45, 2.75) is 50.2 Å². The molecule has 0 bridgehead atoms. The number of unbranched alkanes of at least 4 members (excludes halogenated alkanes) is 1. The van der Waals surface area contributed by atoms with Gasteiger partial charge in [-0.1, -0.05) is 52.3 Å². The molecule has 1 unspecified atom stereocenters. The van der Waals surface area contributed by atoms with Crippen molar-refractivity contribution >= 4 is 44.3 Å². The van der Waals surface area contributed by atoms with Gasteiger partial charge in [0.15, 0.2) is 0 Å². The zero-order valence-corrected chi connectivity index (χ0v) is 24.3. The predicted octanol–water partition coefficient (Wildman–Crippen LogP) is 5.50. The molecule has 216 valence electrons. The quantitative estimate of drug-likeness (QED) is 0.130. The fourth-order valence-corrected chi connectivity index (χ4v) is 7.05. The maximum absolute atomic E-state index is 12.4. The van der Waals surface area contributed by atoms with E-state index >= 15 is 0 Å². The lowest BCUT2D eigenvalue weighted by atomic mass is 9.98. The van der Waals surface area contributed by atoms with Crippen molar-refractivity contribution in [2.24, 2.45) is 0 Å². The molecule has 10 heteroatoms. The van der Waals surface area contributed by atoms with Gasteiger partial charge in [0.25, 0.3) is 0 Å². The molecule has 1 aliphatic rings. The Morgan fingerprint density at radius 3 is 2.21 bits per heavy atom. The first kappa shape index (κ1) is 31.5. The molecule has 1 fully saturated rings. The molecule has 2 aromatic carbocycles. The van der Waals surface area contributed by atoms with E-state index in [9.17, 15) is 14.7 Å². The first-order valence-electron chi connectivity index (χ1n) is 13.6. The number of fused-ring (bicyclic) bond motifs is 1. The number of phenols is 1. The van der Waals surface area contributed by atoms with E-state index in [0.717, 1.165) is 34.4 Å². The first-order valence-corrected chi connectivity index (χ1v) is 16.0. The summed E-state index contributed by atoms with van der Waals surface area (Å²) in [7, 11) is 3.93. The number of esters is 2. The number of ether oxygens (including phenoxy) is 5. The van der Waals surface area contributed by atoms with Crippen molar-refractivity contribution in [3.8, 4) is 5.75 Å². The van der Waals surface area contributed by atoms with Crippen LogP contribution in [0.2, 0.25) is 0 Å². The molecule has 0 saturated carbocycles. The fraction of sp³-hybridized carbons (Fsp3) is 0.586. The highest BCUT2D eigenvalue weighted by Crippen LogP contribution is 2.39. The van der Waals surface area contributed by atoms with E-state index in [4.69, 9.17) is 23.7 Å². The number of carbonyl (C=O) groups excluding carboxylic acids is 2. The average molecular weight is 581 g/mol. The summed E-state index contributed by atoms with van der Waals surface area (Å²) in [5.74, 6) is 0.590. The van der Waals surface area contributed by atoms with Crippen LogP contribution < -0.4 is 0 Å². The SMILES string of the molecule is C[C@H](C(=O)OCCOCCOCCOCCOC(=O)CCCCC1CCSS1)c1ccc2cc(O)ccc2c1. The normalized spacial score (nSPS) is 15.9. The Morgan fingerprint density at radius 2 is 1.51 bits per heavy atom. The smallest absolute Gasteiger partial charge is 0.313 e. The Kier molecular flexibility index (Phi) is 14.9. The highest BCUT2D eigenvalue weighted by Gasteiger charge is 2.17. The Labute approximate surface area is 238 Å². The maximum Gasteiger partial charge on any atom is 0.313 e. The van der Waals surface area contributed by atoms with Gasteiger partial charge in [-0.3, -0.25) is 9.59 Å². The summed E-state index contributed by atoms with van der Waals surface area (Å²) >= 11 is 0. The molecular weight excluding hydrogens is 540 g/mol. The van der Waals surface area contributed by atoms with Crippen LogP contribution in [-0.4, -0.2) is 80.9 Å². The molecule has 0 aliphatic carbocycles. The molecule has 39 heavy (non-hydrogen) atoms. The maximum atomic E-state index is 12.4. The summed E-state index contributed by atoms with van der Waals surface area (Å²) < 4.78 is 26.9. The number of aromatic hydroxyl groups is 1. The molecule has 1 saturated heterocycles. The van der Waals surface area contributed by atoms with Crippen LogP contribution in [0.15, 0.2) is 36.4 Å². The van der Waals surface area contributed by atoms with Gasteiger partial charge in [0, 0.05) is 17.4 Å². The van der Waals surface area contributed by atoms with E-state index in [2.05, 4.69) is 0 Å². The van der Waals surface area contributed by atoms with Gasteiger partial charge in [-0.05, 0) is 54.7 Å². The number of hydrogen-bond donors (Lipinski definition) is 1. The minimum atomic E-state index is -0.403. The fourth-order valence-electron chi connectivity index (χ4n) is 4.02. The summed E-state index contributed by atoms with van der Waals surface area (Å²) in [5, 5.41) is 12.2. The van der Waals surface area contributed by atoms with Crippen molar-refractivity contribution in [1.82, 2.24) is 0 Å². The van der Waals surface area contributed by atoms with Crippen molar-refractivity contribution in [3.05, 3.63) is 42.0 Å². The number of hydrogen-bond acceptors (Lipinski definition) is 10. The lowest BCUT2D eigenvalue weighted by Crippen LogP contribution is -2.17. The van der Waals surface area contributed by atoms with Crippen LogP contribution in [0.5, 0.6) is 5.75 Å². The largest absolute Gasteiger partial charge is 0.508 e. The van der Waals surface area contributed by atoms with Gasteiger partial charge in [-0.25, -0.2) is 0 Å². The van der Waals surface area contributed by atoms with Gasteiger partial charge in [-0.2, -0.15) is 0 Å². The summed E-state index contributed by atoms with van der Waals surface area (Å²) in [6.07, 6.45) is 4.91. The number of carbonyl (C=O) groups is 2. The van der Waals surface area contributed by atoms with Crippen molar-refractivity contribution < 1.29 is 38.4 Å². The van der Waals surface area contributed by atoms with E-state index < -0.39 is 5.92 Å². The van der Waals surface area contributed by atoms with Gasteiger partial charge < -0.3 is 28.8 Å². The zero-order chi connectivity index (χ0) is 27.7. The van der Waals surface area contributed by atoms with E-state index in [1.165, 1.54) is 18.6 Å². The summed E-state index contributed by atoms with van der Waals surface area (Å²) in [6.45, 7) is 4.53. The molecule has 0 amide bonds. The highest BCUT2D eigenvalue weighted by molar-refractivity contribution is 8.77. The molecule has 0 spiro atoms. The third-order valence-electron chi connectivity index (χ3n) is 6.29. The first-order chi connectivity index (χ1) is 19.0. The second-order valence-electron chi connectivity index (χ2n) is 9.31. The molecule has 0 radical (unpaired) electrons. The molecule has 3 rings (SSSR count). The van der Waals surface area contributed by atoms with Crippen LogP contribution >= 0.6 is 21.6 Å². The van der Waals surface area contributed by atoms with Crippen LogP contribution in [0.4, 0.5) is 0 Å². The molecule has 1 aliphatic heterocycles. The number of phenolic OH excluding ortho intramolecular Hbond substituents is 1. The van der Waals surface area contributed by atoms with E-state index in [-0.39, 0.29) is 30.9 Å². The number of rotatable bonds is 19. The topological polar surface area (TPSA) is 101 Å². The highest BCUT2D eigenvalue weighted by atomic mass is 33.1. The minimum absolute atomic E-state index is 0.156. The molecule has 1 heterocycles. The van der Waals surface area contributed by atoms with Crippen LogP contribution in [0.3, 0.4) is 0 Å². The molecule has 1 N–H and O–H groups in total. The Morgan fingerprint density at radius 1 is 0.872 bits per heavy atom. The summed E-state index contributed by atoms with van der Waals surface area (Å²) in [5.41, 5.74) is 0.858. The third kappa shape index (κ3) is 12.4. The standard InChI is InChI=1S/C29H40O8S2/c1-22(23-6-7-25-21-26(30)9-8-24(25)20-23)29(32)37-18-16-35-14-12-33-11-13-34-15-17-36-28(31)5-3-2-4-27-10-19-38-39-27/h6-9,20-22,27,30H,2-5,10-19H2,1H3/t22-,27?/m0/s1. The zero-order valence-electron chi connectivity index (χ0n) is 22.6. The molecule has 2 aromatic rings. The van der Waals surface area contributed by atoms with Crippen molar-refractivity contribution in [2.75, 3.05) is 58.6 Å². The minimum Gasteiger partial charge on any atom is -0.508 e. The average Bonchev–Trinajstić information content (AvgIpc) is 3.46. The van der Waals surface area contributed by atoms with Crippen LogP contribution in [-0.2, 0) is 33.3 Å². The molecule has 8 nitrogen and oxygen atoms in total. The predicted molar refractivity (Wildman–Crippen MR) is 155 cm³/mol. The third-order valence-corrected chi connectivity index (χ3v) is 9.30. The Balaban J connectivity index is 1.09. The van der Waals surface area contributed by atoms with Crippen molar-refractivity contribution in [1.29, 1.82) is 0 Å². The van der Waals surface area contributed by atoms with E-state index in [1.807, 2.05) is 52.8 Å². The van der Waals surface area contributed by atoms with Gasteiger partial charge in [-0.15, -0.1) is 0 Å². The molecule has 0 aromatic heterocycles. The van der Waals surface area contributed by atoms with E-state index in [1.54, 1.807) is 12.1 Å². The van der Waals surface area contributed by atoms with Gasteiger partial charge in [0.1, 0.15) is 19.0 Å². The van der Waals surface area contributed by atoms with Gasteiger partial charge in [0.05, 0.1) is 45.6 Å². The Bertz CT molecular complexity index is 1010. The monoisotopic (exact) mass is 580 g/mol. The molecular formula is C29H40O8S2. The lowest BCUT2D eigenvalue weighted by Gasteiger charge is -2.13. The van der Waals surface area contributed by atoms with Crippen LogP contribution in [0, 0.1) is 0 Å². The number of benzene rings is 2. The second kappa shape index (κ2) is 18.4. The van der Waals surface area contributed by atoms with Crippen LogP contribution in [0.1, 0.15) is 50.5 Å². The summed E-state index contributed by atoms with van der Waals surface area (Å²) in [4.78, 5) is 24.1. The van der Waals surface area contributed by atoms with Gasteiger partial charge >= 0.3 is 11.9 Å². The summed E-state index contributed by atoms with van der Waals surface area (Å²) in [6, 6.07) is 10.8. The van der Waals surface area contributed by atoms with Crippen molar-refractivity contribution in [3.63, 3.8) is 0 Å². The Hall–Kier alpha value is -1.98. The molecule has 2 atom stereocenters. The second-order valence-corrected chi connectivity index (χ2v) is 12.1. The van der Waals surface area contributed by atoms with Crippen LogP contribution in [0.25, 0.3) is 10.8 Å².